The van der Waals surface area contributed by atoms with Gasteiger partial charge in [0.1, 0.15) is 40.9 Å². The molecule has 36 heavy (non-hydrogen) atoms. The van der Waals surface area contributed by atoms with E-state index in [1.54, 1.807) is 0 Å². The minimum Gasteiger partial charge on any atom is -0.490 e. The Morgan fingerprint density at radius 3 is 2.36 bits per heavy atom. The van der Waals surface area contributed by atoms with Gasteiger partial charge in [-0.15, -0.1) is 10.2 Å². The standard InChI is InChI=1S/C26H35N5O4S/c1-6-18-11-19(9-16(4)24(18)35-15-21(33)13-27-23(34)14-32)25-29-30-26(36-25)20-10-17(5)28-22(12-20)31(7-2)8-3/h9-12,21,32-33H,6-8,13-15H2,1-5H3,(H,27,34)/t21-/m0/s1. The van der Waals surface area contributed by atoms with Gasteiger partial charge >= 0.3 is 0 Å². The lowest BCUT2D eigenvalue weighted by Gasteiger charge is -2.20. The highest BCUT2D eigenvalue weighted by molar-refractivity contribution is 7.17. The maximum atomic E-state index is 11.2. The number of aromatic nitrogens is 3. The summed E-state index contributed by atoms with van der Waals surface area (Å²) in [6, 6.07) is 8.16. The zero-order valence-electron chi connectivity index (χ0n) is 21.5. The Morgan fingerprint density at radius 1 is 1.08 bits per heavy atom. The number of benzene rings is 1. The molecule has 10 heteroatoms. The second-order valence-corrected chi connectivity index (χ2v) is 9.48. The summed E-state index contributed by atoms with van der Waals surface area (Å²) in [5, 5.41) is 31.9. The van der Waals surface area contributed by atoms with Crippen LogP contribution in [0.25, 0.3) is 21.1 Å². The zero-order valence-corrected chi connectivity index (χ0v) is 22.4. The van der Waals surface area contributed by atoms with Gasteiger partial charge in [-0.05, 0) is 69.5 Å². The van der Waals surface area contributed by atoms with E-state index in [2.05, 4.69) is 45.3 Å². The van der Waals surface area contributed by atoms with Crippen molar-refractivity contribution < 1.29 is 19.7 Å². The first-order valence-corrected chi connectivity index (χ1v) is 13.0. The average Bonchev–Trinajstić information content (AvgIpc) is 3.37. The van der Waals surface area contributed by atoms with E-state index in [-0.39, 0.29) is 13.2 Å². The molecule has 9 nitrogen and oxygen atoms in total. The van der Waals surface area contributed by atoms with Gasteiger partial charge in [0.2, 0.25) is 5.91 Å². The van der Waals surface area contributed by atoms with Gasteiger partial charge in [-0.25, -0.2) is 4.98 Å². The number of anilines is 1. The maximum Gasteiger partial charge on any atom is 0.245 e. The molecule has 0 aliphatic rings. The number of carbonyl (C=O) groups excluding carboxylic acids is 1. The number of hydrogen-bond donors (Lipinski definition) is 3. The Morgan fingerprint density at radius 2 is 1.75 bits per heavy atom. The molecule has 0 fully saturated rings. The number of nitrogens with zero attached hydrogens (tertiary/aromatic N) is 4. The van der Waals surface area contributed by atoms with Gasteiger partial charge in [-0.2, -0.15) is 0 Å². The van der Waals surface area contributed by atoms with Crippen LogP contribution in [-0.2, 0) is 11.2 Å². The summed E-state index contributed by atoms with van der Waals surface area (Å²) in [7, 11) is 0. The normalized spacial score (nSPS) is 11.9. The van der Waals surface area contributed by atoms with E-state index in [9.17, 15) is 9.90 Å². The first kappa shape index (κ1) is 27.5. The highest BCUT2D eigenvalue weighted by Crippen LogP contribution is 2.35. The van der Waals surface area contributed by atoms with E-state index in [1.807, 2.05) is 39.0 Å². The number of nitrogens with one attached hydrogen (secondary N) is 1. The van der Waals surface area contributed by atoms with Crippen molar-refractivity contribution in [2.75, 3.05) is 37.7 Å². The van der Waals surface area contributed by atoms with E-state index < -0.39 is 18.6 Å². The predicted molar refractivity (Wildman–Crippen MR) is 143 cm³/mol. The number of hydrogen-bond acceptors (Lipinski definition) is 9. The van der Waals surface area contributed by atoms with Gasteiger partial charge < -0.3 is 25.2 Å². The highest BCUT2D eigenvalue weighted by Gasteiger charge is 2.17. The second kappa shape index (κ2) is 12.8. The smallest absolute Gasteiger partial charge is 0.245 e. The molecule has 3 N–H and O–H groups in total. The van der Waals surface area contributed by atoms with Crippen LogP contribution in [0.2, 0.25) is 0 Å². The summed E-state index contributed by atoms with van der Waals surface area (Å²) in [6.45, 7) is 11.4. The highest BCUT2D eigenvalue weighted by atomic mass is 32.1. The second-order valence-electron chi connectivity index (χ2n) is 8.50. The third kappa shape index (κ3) is 6.77. The topological polar surface area (TPSA) is 121 Å². The molecule has 0 aliphatic carbocycles. The van der Waals surface area contributed by atoms with E-state index in [0.29, 0.717) is 5.75 Å². The van der Waals surface area contributed by atoms with Crippen molar-refractivity contribution in [3.05, 3.63) is 41.1 Å². The predicted octanol–water partition coefficient (Wildman–Crippen LogP) is 3.14. The molecule has 1 atom stereocenters. The number of ether oxygens (including phenoxy) is 1. The Kier molecular flexibility index (Phi) is 9.74. The number of pyridine rings is 1. The molecule has 194 valence electrons. The third-order valence-corrected chi connectivity index (χ3v) is 6.80. The molecule has 3 aromatic rings. The lowest BCUT2D eigenvalue weighted by atomic mass is 10.0. The van der Waals surface area contributed by atoms with Crippen molar-refractivity contribution in [2.24, 2.45) is 0 Å². The average molecular weight is 514 g/mol. The number of aliphatic hydroxyl groups excluding tert-OH is 2. The number of amides is 1. The Balaban J connectivity index is 1.81. The molecular weight excluding hydrogens is 478 g/mol. The lowest BCUT2D eigenvalue weighted by molar-refractivity contribution is -0.124. The van der Waals surface area contributed by atoms with Crippen LogP contribution < -0.4 is 15.0 Å². The molecule has 2 aromatic heterocycles. The van der Waals surface area contributed by atoms with Gasteiger partial charge in [0, 0.05) is 36.5 Å². The molecule has 0 saturated heterocycles. The summed E-state index contributed by atoms with van der Waals surface area (Å²) < 4.78 is 5.91. The molecule has 3 rings (SSSR count). The van der Waals surface area contributed by atoms with E-state index in [1.165, 1.54) is 11.3 Å². The monoisotopic (exact) mass is 513 g/mol. The molecule has 2 heterocycles. The summed E-state index contributed by atoms with van der Waals surface area (Å²) in [4.78, 5) is 18.1. The largest absolute Gasteiger partial charge is 0.490 e. The summed E-state index contributed by atoms with van der Waals surface area (Å²) in [6.07, 6.45) is -0.149. The van der Waals surface area contributed by atoms with Crippen LogP contribution in [0.15, 0.2) is 24.3 Å². The fourth-order valence-electron chi connectivity index (χ4n) is 3.91. The van der Waals surface area contributed by atoms with Crippen molar-refractivity contribution in [1.29, 1.82) is 0 Å². The third-order valence-electron chi connectivity index (χ3n) is 5.78. The van der Waals surface area contributed by atoms with Crippen molar-refractivity contribution in [3.8, 4) is 26.9 Å². The Labute approximate surface area is 216 Å². The maximum absolute atomic E-state index is 11.2. The molecule has 0 bridgehead atoms. The first-order valence-electron chi connectivity index (χ1n) is 12.2. The van der Waals surface area contributed by atoms with Crippen LogP contribution in [0.3, 0.4) is 0 Å². The lowest BCUT2D eigenvalue weighted by Crippen LogP contribution is -2.36. The number of carbonyl (C=O) groups is 1. The molecule has 0 aliphatic heterocycles. The molecular formula is C26H35N5O4S. The van der Waals surface area contributed by atoms with E-state index in [0.717, 1.165) is 63.3 Å². The van der Waals surface area contributed by atoms with Crippen molar-refractivity contribution in [1.82, 2.24) is 20.5 Å². The number of aryl methyl sites for hydroxylation is 3. The van der Waals surface area contributed by atoms with Crippen LogP contribution in [0, 0.1) is 13.8 Å². The van der Waals surface area contributed by atoms with Crippen LogP contribution in [0.1, 0.15) is 37.6 Å². The summed E-state index contributed by atoms with van der Waals surface area (Å²) in [5.74, 6) is 1.12. The Hall–Kier alpha value is -3.08. The number of rotatable bonds is 12. The molecule has 0 saturated carbocycles. The fraction of sp³-hybridized carbons (Fsp3) is 0.462. The van der Waals surface area contributed by atoms with E-state index >= 15 is 0 Å². The van der Waals surface area contributed by atoms with Gasteiger partial charge in [0.15, 0.2) is 0 Å². The number of aliphatic hydroxyl groups is 2. The van der Waals surface area contributed by atoms with Crippen LogP contribution >= 0.6 is 11.3 Å². The zero-order chi connectivity index (χ0) is 26.2. The minimum atomic E-state index is -0.889. The molecule has 1 amide bonds. The van der Waals surface area contributed by atoms with Crippen molar-refractivity contribution in [2.45, 2.75) is 47.1 Å². The van der Waals surface area contributed by atoms with E-state index in [4.69, 9.17) is 9.84 Å². The van der Waals surface area contributed by atoms with Gasteiger partial charge in [0.25, 0.3) is 0 Å². The SMILES string of the molecule is CCc1cc(-c2nnc(-c3cc(C)nc(N(CC)CC)c3)s2)cc(C)c1OC[C@@H](O)CNC(=O)CO. The molecule has 0 spiro atoms. The molecule has 0 radical (unpaired) electrons. The molecule has 0 unspecified atom stereocenters. The first-order chi connectivity index (χ1) is 17.3. The van der Waals surface area contributed by atoms with Crippen LogP contribution in [0.4, 0.5) is 5.82 Å². The van der Waals surface area contributed by atoms with Gasteiger partial charge in [0.05, 0.1) is 0 Å². The summed E-state index contributed by atoms with van der Waals surface area (Å²) >= 11 is 1.54. The quantitative estimate of drug-likeness (QED) is 0.338. The van der Waals surface area contributed by atoms with Crippen molar-refractivity contribution in [3.63, 3.8) is 0 Å². The van der Waals surface area contributed by atoms with Crippen LogP contribution in [-0.4, -0.2) is 70.3 Å². The molecule has 1 aromatic carbocycles. The van der Waals surface area contributed by atoms with Gasteiger partial charge in [-0.3, -0.25) is 4.79 Å². The van der Waals surface area contributed by atoms with Crippen molar-refractivity contribution >= 4 is 23.1 Å². The van der Waals surface area contributed by atoms with Gasteiger partial charge in [-0.1, -0.05) is 18.3 Å². The summed E-state index contributed by atoms with van der Waals surface area (Å²) in [5.41, 5.74) is 4.83. The Bertz CT molecular complexity index is 1180. The fourth-order valence-corrected chi connectivity index (χ4v) is 4.72. The van der Waals surface area contributed by atoms with Crippen LogP contribution in [0.5, 0.6) is 5.75 Å². The minimum absolute atomic E-state index is 0.00993.